The van der Waals surface area contributed by atoms with Gasteiger partial charge < -0.3 is 19.3 Å². The van der Waals surface area contributed by atoms with Gasteiger partial charge in [0.15, 0.2) is 0 Å². The van der Waals surface area contributed by atoms with Gasteiger partial charge in [0, 0.05) is 31.6 Å². The van der Waals surface area contributed by atoms with E-state index >= 15 is 0 Å². The largest absolute Gasteiger partial charge is 0.496 e. The van der Waals surface area contributed by atoms with Gasteiger partial charge in [-0.25, -0.2) is 4.79 Å². The van der Waals surface area contributed by atoms with Gasteiger partial charge in [-0.3, -0.25) is 4.79 Å². The van der Waals surface area contributed by atoms with Crippen LogP contribution in [-0.2, 0) is 9.53 Å². The van der Waals surface area contributed by atoms with E-state index in [0.29, 0.717) is 25.9 Å². The Hall–Kier alpha value is -2.24. The molecule has 1 aliphatic heterocycles. The predicted octanol–water partition coefficient (Wildman–Crippen LogP) is 3.86. The maximum Gasteiger partial charge on any atom is 0.410 e. The number of rotatable bonds is 4. The summed E-state index contributed by atoms with van der Waals surface area (Å²) in [5, 5.41) is 0. The van der Waals surface area contributed by atoms with Gasteiger partial charge in [-0.05, 0) is 46.6 Å². The Morgan fingerprint density at radius 1 is 1.19 bits per heavy atom. The summed E-state index contributed by atoms with van der Waals surface area (Å²) in [5.74, 6) is 0.812. The first-order chi connectivity index (χ1) is 12.6. The molecule has 2 rings (SSSR count). The predicted molar refractivity (Wildman–Crippen MR) is 105 cm³/mol. The number of methoxy groups -OCH3 is 1. The standard InChI is InChI=1S/C21H32N2O4/c1-15(17-9-7-8-10-18(17)26-6)22(5)19(24)16-11-13-23(14-12-16)20(25)27-21(2,3)4/h7-10,15-16H,11-14H2,1-6H3/t15-/m0/s1. The number of nitrogens with zero attached hydrogens (tertiary/aromatic N) is 2. The summed E-state index contributed by atoms with van der Waals surface area (Å²) < 4.78 is 10.8. The average molecular weight is 376 g/mol. The lowest BCUT2D eigenvalue weighted by Gasteiger charge is -2.35. The zero-order valence-electron chi connectivity index (χ0n) is 17.3. The van der Waals surface area contributed by atoms with Crippen molar-refractivity contribution in [3.63, 3.8) is 0 Å². The number of carbonyl (C=O) groups is 2. The smallest absolute Gasteiger partial charge is 0.410 e. The summed E-state index contributed by atoms with van der Waals surface area (Å²) in [4.78, 5) is 28.6. The summed E-state index contributed by atoms with van der Waals surface area (Å²) in [6, 6.07) is 7.68. The quantitative estimate of drug-likeness (QED) is 0.801. The van der Waals surface area contributed by atoms with Gasteiger partial charge in [0.25, 0.3) is 0 Å². The summed E-state index contributed by atoms with van der Waals surface area (Å²) in [6.07, 6.45) is 1.01. The number of amides is 2. The van der Waals surface area contributed by atoms with E-state index in [1.165, 1.54) is 0 Å². The van der Waals surface area contributed by atoms with Crippen molar-refractivity contribution >= 4 is 12.0 Å². The first-order valence-corrected chi connectivity index (χ1v) is 9.51. The molecule has 1 aromatic rings. The minimum Gasteiger partial charge on any atom is -0.496 e. The number of carbonyl (C=O) groups excluding carboxylic acids is 2. The molecular formula is C21H32N2O4. The molecule has 1 fully saturated rings. The molecule has 27 heavy (non-hydrogen) atoms. The molecular weight excluding hydrogens is 344 g/mol. The summed E-state index contributed by atoms with van der Waals surface area (Å²) in [5.41, 5.74) is 0.482. The number of likely N-dealkylation sites (tertiary alicyclic amines) is 1. The van der Waals surface area contributed by atoms with Gasteiger partial charge in [0.2, 0.25) is 5.91 Å². The summed E-state index contributed by atoms with van der Waals surface area (Å²) in [7, 11) is 3.47. The van der Waals surface area contributed by atoms with Crippen LogP contribution in [0.3, 0.4) is 0 Å². The van der Waals surface area contributed by atoms with Crippen molar-refractivity contribution < 1.29 is 19.1 Å². The topological polar surface area (TPSA) is 59.1 Å². The Morgan fingerprint density at radius 2 is 1.78 bits per heavy atom. The Balaban J connectivity index is 1.96. The van der Waals surface area contributed by atoms with Gasteiger partial charge in [0.05, 0.1) is 13.2 Å². The van der Waals surface area contributed by atoms with Crippen LogP contribution in [0.25, 0.3) is 0 Å². The fourth-order valence-corrected chi connectivity index (χ4v) is 3.33. The van der Waals surface area contributed by atoms with Crippen molar-refractivity contribution in [3.05, 3.63) is 29.8 Å². The highest BCUT2D eigenvalue weighted by Crippen LogP contribution is 2.30. The van der Waals surface area contributed by atoms with Crippen molar-refractivity contribution in [2.24, 2.45) is 5.92 Å². The monoisotopic (exact) mass is 376 g/mol. The van der Waals surface area contributed by atoms with Crippen molar-refractivity contribution in [2.45, 2.75) is 52.2 Å². The molecule has 6 heteroatoms. The molecule has 1 aliphatic rings. The normalized spacial score (nSPS) is 16.6. The Labute approximate surface area is 162 Å². The molecule has 0 aliphatic carbocycles. The van der Waals surface area contributed by atoms with Crippen molar-refractivity contribution in [1.82, 2.24) is 9.80 Å². The fourth-order valence-electron chi connectivity index (χ4n) is 3.33. The minimum atomic E-state index is -0.506. The molecule has 150 valence electrons. The molecule has 0 radical (unpaired) electrons. The van der Waals surface area contributed by atoms with Crippen molar-refractivity contribution in [1.29, 1.82) is 0 Å². The maximum absolute atomic E-state index is 13.0. The van der Waals surface area contributed by atoms with E-state index in [0.717, 1.165) is 11.3 Å². The van der Waals surface area contributed by atoms with Gasteiger partial charge in [0.1, 0.15) is 11.4 Å². The molecule has 0 aromatic heterocycles. The first kappa shape index (κ1) is 21.1. The lowest BCUT2D eigenvalue weighted by Crippen LogP contribution is -2.45. The first-order valence-electron chi connectivity index (χ1n) is 9.51. The maximum atomic E-state index is 13.0. The zero-order valence-corrected chi connectivity index (χ0v) is 17.3. The highest BCUT2D eigenvalue weighted by Gasteiger charge is 2.32. The Kier molecular flexibility index (Phi) is 6.73. The highest BCUT2D eigenvalue weighted by atomic mass is 16.6. The summed E-state index contributed by atoms with van der Waals surface area (Å²) in [6.45, 7) is 8.66. The molecule has 1 atom stereocenters. The zero-order chi connectivity index (χ0) is 20.2. The molecule has 0 N–H and O–H groups in total. The van der Waals surface area contributed by atoms with Crippen molar-refractivity contribution in [2.75, 3.05) is 27.2 Å². The second-order valence-electron chi connectivity index (χ2n) is 8.11. The second kappa shape index (κ2) is 8.63. The van der Waals surface area contributed by atoms with Crippen LogP contribution in [0.4, 0.5) is 4.79 Å². The van der Waals surface area contributed by atoms with Gasteiger partial charge >= 0.3 is 6.09 Å². The molecule has 2 amide bonds. The second-order valence-corrected chi connectivity index (χ2v) is 8.11. The third-order valence-electron chi connectivity index (χ3n) is 5.01. The molecule has 0 bridgehead atoms. The van der Waals surface area contributed by atoms with E-state index in [1.807, 2.05) is 59.0 Å². The van der Waals surface area contributed by atoms with Gasteiger partial charge in [-0.15, -0.1) is 0 Å². The number of ether oxygens (including phenoxy) is 2. The Bertz CT molecular complexity index is 660. The van der Waals surface area contributed by atoms with Crippen LogP contribution in [0.1, 0.15) is 52.1 Å². The molecule has 0 spiro atoms. The van der Waals surface area contributed by atoms with Crippen LogP contribution in [0, 0.1) is 5.92 Å². The molecule has 1 aromatic carbocycles. The lowest BCUT2D eigenvalue weighted by molar-refractivity contribution is -0.137. The van der Waals surface area contributed by atoms with Gasteiger partial charge in [-0.1, -0.05) is 18.2 Å². The molecule has 0 unspecified atom stereocenters. The van der Waals surface area contributed by atoms with E-state index in [2.05, 4.69) is 0 Å². The van der Waals surface area contributed by atoms with E-state index in [1.54, 1.807) is 16.9 Å². The fraction of sp³-hybridized carbons (Fsp3) is 0.619. The average Bonchev–Trinajstić information content (AvgIpc) is 2.65. The van der Waals surface area contributed by atoms with Crippen LogP contribution < -0.4 is 4.74 Å². The number of hydrogen-bond acceptors (Lipinski definition) is 4. The van der Waals surface area contributed by atoms with Crippen LogP contribution in [0.5, 0.6) is 5.75 Å². The van der Waals surface area contributed by atoms with Crippen LogP contribution >= 0.6 is 0 Å². The molecule has 1 saturated heterocycles. The van der Waals surface area contributed by atoms with Crippen LogP contribution in [0.15, 0.2) is 24.3 Å². The number of benzene rings is 1. The van der Waals surface area contributed by atoms with Crippen molar-refractivity contribution in [3.8, 4) is 5.75 Å². The van der Waals surface area contributed by atoms with E-state index in [4.69, 9.17) is 9.47 Å². The molecule has 1 heterocycles. The van der Waals surface area contributed by atoms with E-state index in [-0.39, 0.29) is 24.0 Å². The minimum absolute atomic E-state index is 0.0779. The van der Waals surface area contributed by atoms with Crippen LogP contribution in [0.2, 0.25) is 0 Å². The van der Waals surface area contributed by atoms with Crippen LogP contribution in [-0.4, -0.2) is 54.6 Å². The lowest BCUT2D eigenvalue weighted by atomic mass is 9.94. The highest BCUT2D eigenvalue weighted by molar-refractivity contribution is 5.79. The van der Waals surface area contributed by atoms with E-state index < -0.39 is 5.60 Å². The third-order valence-corrected chi connectivity index (χ3v) is 5.01. The molecule has 6 nitrogen and oxygen atoms in total. The SMILES string of the molecule is COc1ccccc1[C@H](C)N(C)C(=O)C1CCN(C(=O)OC(C)(C)C)CC1. The number of para-hydroxylation sites is 1. The third kappa shape index (κ3) is 5.37. The van der Waals surface area contributed by atoms with Gasteiger partial charge in [-0.2, -0.15) is 0 Å². The number of hydrogen-bond donors (Lipinski definition) is 0. The Morgan fingerprint density at radius 3 is 2.33 bits per heavy atom. The summed E-state index contributed by atoms with van der Waals surface area (Å²) >= 11 is 0. The number of piperidine rings is 1. The molecule has 0 saturated carbocycles. The van der Waals surface area contributed by atoms with E-state index in [9.17, 15) is 9.59 Å².